The number of hydrogen-bond acceptors (Lipinski definition) is 1. The minimum Gasteiger partial charge on any atom is -0.396 e. The zero-order valence-corrected chi connectivity index (χ0v) is 11.4. The molecule has 1 nitrogen and oxygen atoms in total. The summed E-state index contributed by atoms with van der Waals surface area (Å²) in [5.74, 6) is 1.93. The average Bonchev–Trinajstić information content (AvgIpc) is 2.43. The summed E-state index contributed by atoms with van der Waals surface area (Å²) in [6.07, 6.45) is 4.79. The molecule has 2 aliphatic rings. The van der Waals surface area contributed by atoms with Gasteiger partial charge in [-0.05, 0) is 41.4 Å². The summed E-state index contributed by atoms with van der Waals surface area (Å²) in [4.78, 5) is 0. The molecule has 0 aromatic carbocycles. The van der Waals surface area contributed by atoms with Crippen LogP contribution >= 0.6 is 0 Å². The van der Waals surface area contributed by atoms with E-state index in [0.29, 0.717) is 12.5 Å². The van der Waals surface area contributed by atoms with Crippen LogP contribution in [0, 0.1) is 28.6 Å². The third-order valence-electron chi connectivity index (χ3n) is 6.21. The largest absolute Gasteiger partial charge is 0.396 e. The van der Waals surface area contributed by atoms with Crippen LogP contribution in [0.3, 0.4) is 0 Å². The fourth-order valence-electron chi connectivity index (χ4n) is 4.14. The summed E-state index contributed by atoms with van der Waals surface area (Å²) in [6, 6.07) is 0. The highest BCUT2D eigenvalue weighted by atomic mass is 16.3. The normalized spacial score (nSPS) is 46.4. The highest BCUT2D eigenvalue weighted by Crippen LogP contribution is 2.65. The Morgan fingerprint density at radius 3 is 2.50 bits per heavy atom. The molecule has 2 aliphatic carbocycles. The van der Waals surface area contributed by atoms with Gasteiger partial charge in [0.25, 0.3) is 0 Å². The van der Waals surface area contributed by atoms with E-state index in [0.717, 1.165) is 18.3 Å². The molecule has 0 amide bonds. The molecule has 0 aromatic rings. The van der Waals surface area contributed by atoms with Crippen molar-refractivity contribution in [3.05, 3.63) is 11.6 Å². The zero-order valence-electron chi connectivity index (χ0n) is 11.4. The molecule has 4 atom stereocenters. The van der Waals surface area contributed by atoms with E-state index in [2.05, 4.69) is 40.7 Å². The first kappa shape index (κ1) is 12.2. The standard InChI is InChI=1S/C15H26O/c1-10-6-7-12-8-13(9-16)14(3,4)15(12,5)11(10)2/h7,10-11,13,16H,6,8-9H2,1-5H3. The molecule has 1 heteroatoms. The van der Waals surface area contributed by atoms with E-state index in [-0.39, 0.29) is 10.8 Å². The van der Waals surface area contributed by atoms with Gasteiger partial charge in [-0.15, -0.1) is 0 Å². The van der Waals surface area contributed by atoms with Crippen molar-refractivity contribution in [2.75, 3.05) is 6.61 Å². The van der Waals surface area contributed by atoms with Gasteiger partial charge in [-0.25, -0.2) is 0 Å². The first-order chi connectivity index (χ1) is 7.35. The van der Waals surface area contributed by atoms with Gasteiger partial charge in [-0.3, -0.25) is 0 Å². The third-order valence-corrected chi connectivity index (χ3v) is 6.21. The van der Waals surface area contributed by atoms with Gasteiger partial charge in [0, 0.05) is 6.61 Å². The molecule has 16 heavy (non-hydrogen) atoms. The van der Waals surface area contributed by atoms with Crippen molar-refractivity contribution in [3.63, 3.8) is 0 Å². The Labute approximate surface area is 99.9 Å². The summed E-state index contributed by atoms with van der Waals surface area (Å²) in [6.45, 7) is 12.2. The fraction of sp³-hybridized carbons (Fsp3) is 0.867. The summed E-state index contributed by atoms with van der Waals surface area (Å²) >= 11 is 0. The van der Waals surface area contributed by atoms with Gasteiger partial charge in [0.05, 0.1) is 0 Å². The van der Waals surface area contributed by atoms with Crippen LogP contribution in [0.2, 0.25) is 0 Å². The number of fused-ring (bicyclic) bond motifs is 1. The molecule has 0 heterocycles. The predicted molar refractivity (Wildman–Crippen MR) is 68.1 cm³/mol. The lowest BCUT2D eigenvalue weighted by Crippen LogP contribution is -2.44. The molecule has 92 valence electrons. The van der Waals surface area contributed by atoms with Crippen LogP contribution in [0.4, 0.5) is 0 Å². The Balaban J connectivity index is 2.47. The minimum absolute atomic E-state index is 0.224. The van der Waals surface area contributed by atoms with E-state index in [1.54, 1.807) is 5.57 Å². The van der Waals surface area contributed by atoms with E-state index in [9.17, 15) is 5.11 Å². The van der Waals surface area contributed by atoms with Gasteiger partial charge in [0.1, 0.15) is 0 Å². The Morgan fingerprint density at radius 2 is 1.94 bits per heavy atom. The number of aliphatic hydroxyl groups excluding tert-OH is 1. The minimum atomic E-state index is 0.224. The van der Waals surface area contributed by atoms with Gasteiger partial charge in [-0.1, -0.05) is 46.3 Å². The molecule has 0 spiro atoms. The van der Waals surface area contributed by atoms with Crippen LogP contribution in [0.5, 0.6) is 0 Å². The number of allylic oxidation sites excluding steroid dienone is 2. The lowest BCUT2D eigenvalue weighted by atomic mass is 9.54. The second kappa shape index (κ2) is 3.60. The Morgan fingerprint density at radius 1 is 1.31 bits per heavy atom. The molecule has 0 aliphatic heterocycles. The Kier molecular flexibility index (Phi) is 2.73. The molecular weight excluding hydrogens is 196 g/mol. The molecule has 1 fully saturated rings. The molecule has 1 saturated carbocycles. The highest BCUT2D eigenvalue weighted by Gasteiger charge is 2.58. The molecular formula is C15H26O. The van der Waals surface area contributed by atoms with E-state index < -0.39 is 0 Å². The molecule has 4 unspecified atom stereocenters. The number of hydrogen-bond donors (Lipinski definition) is 1. The summed E-state index contributed by atoms with van der Waals surface area (Å²) in [7, 11) is 0. The van der Waals surface area contributed by atoms with Crippen LogP contribution in [0.15, 0.2) is 11.6 Å². The molecule has 0 radical (unpaired) electrons. The van der Waals surface area contributed by atoms with Crippen LogP contribution in [0.1, 0.15) is 47.5 Å². The zero-order chi connectivity index (χ0) is 12.1. The highest BCUT2D eigenvalue weighted by molar-refractivity contribution is 5.29. The number of aliphatic hydroxyl groups is 1. The molecule has 2 rings (SSSR count). The van der Waals surface area contributed by atoms with Gasteiger partial charge in [-0.2, -0.15) is 0 Å². The molecule has 0 saturated heterocycles. The van der Waals surface area contributed by atoms with Crippen molar-refractivity contribution in [1.29, 1.82) is 0 Å². The van der Waals surface area contributed by atoms with Crippen molar-refractivity contribution in [1.82, 2.24) is 0 Å². The lowest BCUT2D eigenvalue weighted by Gasteiger charge is -2.50. The third kappa shape index (κ3) is 1.27. The maximum absolute atomic E-state index is 9.59. The number of rotatable bonds is 1. The van der Waals surface area contributed by atoms with Crippen molar-refractivity contribution >= 4 is 0 Å². The summed E-state index contributed by atoms with van der Waals surface area (Å²) in [5, 5.41) is 9.59. The molecule has 0 aromatic heterocycles. The van der Waals surface area contributed by atoms with Gasteiger partial charge in [0.2, 0.25) is 0 Å². The topological polar surface area (TPSA) is 20.2 Å². The second-order valence-electron chi connectivity index (χ2n) is 6.74. The van der Waals surface area contributed by atoms with E-state index in [1.807, 2.05) is 0 Å². The quantitative estimate of drug-likeness (QED) is 0.672. The van der Waals surface area contributed by atoms with Gasteiger partial charge >= 0.3 is 0 Å². The monoisotopic (exact) mass is 222 g/mol. The van der Waals surface area contributed by atoms with Crippen molar-refractivity contribution in [2.24, 2.45) is 28.6 Å². The maximum Gasteiger partial charge on any atom is 0.0467 e. The van der Waals surface area contributed by atoms with Crippen molar-refractivity contribution in [2.45, 2.75) is 47.5 Å². The van der Waals surface area contributed by atoms with Crippen molar-refractivity contribution < 1.29 is 5.11 Å². The van der Waals surface area contributed by atoms with E-state index >= 15 is 0 Å². The van der Waals surface area contributed by atoms with Gasteiger partial charge in [0.15, 0.2) is 0 Å². The average molecular weight is 222 g/mol. The summed E-state index contributed by atoms with van der Waals surface area (Å²) < 4.78 is 0. The van der Waals surface area contributed by atoms with Crippen LogP contribution < -0.4 is 0 Å². The molecule has 0 bridgehead atoms. The van der Waals surface area contributed by atoms with Gasteiger partial charge < -0.3 is 5.11 Å². The van der Waals surface area contributed by atoms with Crippen LogP contribution in [0.25, 0.3) is 0 Å². The van der Waals surface area contributed by atoms with Crippen molar-refractivity contribution in [3.8, 4) is 0 Å². The van der Waals surface area contributed by atoms with E-state index in [4.69, 9.17) is 0 Å². The predicted octanol–water partition coefficient (Wildman–Crippen LogP) is 3.63. The fourth-order valence-corrected chi connectivity index (χ4v) is 4.14. The lowest BCUT2D eigenvalue weighted by molar-refractivity contribution is 0.00836. The maximum atomic E-state index is 9.59. The summed E-state index contributed by atoms with van der Waals surface area (Å²) in [5.41, 5.74) is 2.13. The first-order valence-electron chi connectivity index (χ1n) is 6.66. The Bertz CT molecular complexity index is 315. The SMILES string of the molecule is CC1CC=C2CC(CO)C(C)(C)C2(C)C1C. The van der Waals surface area contributed by atoms with Crippen LogP contribution in [-0.2, 0) is 0 Å². The van der Waals surface area contributed by atoms with Crippen LogP contribution in [-0.4, -0.2) is 11.7 Å². The smallest absolute Gasteiger partial charge is 0.0467 e. The second-order valence-corrected chi connectivity index (χ2v) is 6.74. The Hall–Kier alpha value is -0.300. The van der Waals surface area contributed by atoms with E-state index in [1.165, 1.54) is 6.42 Å². The first-order valence-corrected chi connectivity index (χ1v) is 6.66. The molecule has 1 N–H and O–H groups in total.